The second-order valence-electron chi connectivity index (χ2n) is 3.65. The zero-order valence-corrected chi connectivity index (χ0v) is 8.75. The minimum atomic E-state index is 0.444. The molecule has 0 amide bonds. The lowest BCUT2D eigenvalue weighted by molar-refractivity contribution is 0.806. The first-order chi connectivity index (χ1) is 7.16. The summed E-state index contributed by atoms with van der Waals surface area (Å²) in [5.74, 6) is 1.39. The van der Waals surface area contributed by atoms with E-state index in [2.05, 4.69) is 28.9 Å². The lowest BCUT2D eigenvalue weighted by Gasteiger charge is -2.00. The van der Waals surface area contributed by atoms with Crippen molar-refractivity contribution in [1.82, 2.24) is 19.7 Å². The number of nitrogens with zero attached hydrogens (tertiary/aromatic N) is 4. The number of nitrogen functional groups attached to an aromatic ring is 1. The molecule has 0 fully saturated rings. The van der Waals surface area contributed by atoms with E-state index in [-0.39, 0.29) is 0 Å². The fourth-order valence-electron chi connectivity index (χ4n) is 1.22. The summed E-state index contributed by atoms with van der Waals surface area (Å²) in [7, 11) is 0. The fraction of sp³-hybridized carbons (Fsp3) is 0.300. The normalized spacial score (nSPS) is 10.9. The van der Waals surface area contributed by atoms with Crippen molar-refractivity contribution < 1.29 is 0 Å². The number of nitrogens with two attached hydrogens (primary N) is 1. The van der Waals surface area contributed by atoms with Gasteiger partial charge in [-0.05, 0) is 17.5 Å². The van der Waals surface area contributed by atoms with Crippen molar-refractivity contribution >= 4 is 5.82 Å². The highest BCUT2D eigenvalue weighted by Crippen LogP contribution is 2.13. The Morgan fingerprint density at radius 1 is 1.40 bits per heavy atom. The average Bonchev–Trinajstić information content (AvgIpc) is 2.66. The molecule has 0 aliphatic carbocycles. The zero-order chi connectivity index (χ0) is 10.8. The van der Waals surface area contributed by atoms with Crippen LogP contribution in [0.4, 0.5) is 5.82 Å². The topological polar surface area (TPSA) is 69.6 Å². The van der Waals surface area contributed by atoms with Gasteiger partial charge < -0.3 is 5.73 Å². The van der Waals surface area contributed by atoms with Gasteiger partial charge in [-0.2, -0.15) is 10.1 Å². The van der Waals surface area contributed by atoms with Crippen LogP contribution in [-0.2, 0) is 0 Å². The molecule has 0 saturated heterocycles. The quantitative estimate of drug-likeness (QED) is 0.800. The Morgan fingerprint density at radius 2 is 2.20 bits per heavy atom. The van der Waals surface area contributed by atoms with Gasteiger partial charge in [-0.1, -0.05) is 13.8 Å². The standard InChI is InChI=1S/C10H13N5/c1-7(2)8-5-13-15(6-8)10-12-4-3-9(11)14-10/h3-7H,1-2H3,(H2,11,12,14). The summed E-state index contributed by atoms with van der Waals surface area (Å²) in [5.41, 5.74) is 6.72. The molecule has 0 bridgehead atoms. The predicted octanol–water partition coefficient (Wildman–Crippen LogP) is 1.37. The van der Waals surface area contributed by atoms with Crippen molar-refractivity contribution in [2.75, 3.05) is 5.73 Å². The minimum absolute atomic E-state index is 0.444. The summed E-state index contributed by atoms with van der Waals surface area (Å²) in [6.45, 7) is 4.23. The first-order valence-corrected chi connectivity index (χ1v) is 4.80. The van der Waals surface area contributed by atoms with E-state index in [1.165, 1.54) is 0 Å². The van der Waals surface area contributed by atoms with Gasteiger partial charge in [0.05, 0.1) is 6.20 Å². The maximum atomic E-state index is 5.57. The van der Waals surface area contributed by atoms with E-state index in [0.717, 1.165) is 5.56 Å². The molecule has 0 unspecified atom stereocenters. The van der Waals surface area contributed by atoms with Crippen LogP contribution < -0.4 is 5.73 Å². The zero-order valence-electron chi connectivity index (χ0n) is 8.75. The van der Waals surface area contributed by atoms with Gasteiger partial charge in [0.15, 0.2) is 0 Å². The summed E-state index contributed by atoms with van der Waals surface area (Å²) in [4.78, 5) is 8.18. The smallest absolute Gasteiger partial charge is 0.252 e. The number of rotatable bonds is 2. The Balaban J connectivity index is 2.37. The van der Waals surface area contributed by atoms with Crippen LogP contribution in [0.25, 0.3) is 5.95 Å². The van der Waals surface area contributed by atoms with Crippen molar-refractivity contribution in [2.45, 2.75) is 19.8 Å². The molecule has 5 heteroatoms. The first-order valence-electron chi connectivity index (χ1n) is 4.80. The van der Waals surface area contributed by atoms with Gasteiger partial charge in [0.2, 0.25) is 0 Å². The van der Waals surface area contributed by atoms with Crippen LogP contribution in [0.5, 0.6) is 0 Å². The molecule has 0 aromatic carbocycles. The molecular weight excluding hydrogens is 190 g/mol. The molecule has 5 nitrogen and oxygen atoms in total. The predicted molar refractivity (Wildman–Crippen MR) is 57.7 cm³/mol. The monoisotopic (exact) mass is 203 g/mol. The number of aromatic nitrogens is 4. The molecule has 0 aliphatic heterocycles. The Hall–Kier alpha value is -1.91. The maximum absolute atomic E-state index is 5.57. The second kappa shape index (κ2) is 3.68. The molecular formula is C10H13N5. The number of anilines is 1. The van der Waals surface area contributed by atoms with Crippen LogP contribution in [0.15, 0.2) is 24.7 Å². The van der Waals surface area contributed by atoms with Crippen molar-refractivity contribution in [3.63, 3.8) is 0 Å². The van der Waals surface area contributed by atoms with Gasteiger partial charge in [-0.3, -0.25) is 0 Å². The Morgan fingerprint density at radius 3 is 2.80 bits per heavy atom. The molecule has 2 aromatic heterocycles. The molecule has 2 aromatic rings. The van der Waals surface area contributed by atoms with Crippen LogP contribution in [-0.4, -0.2) is 19.7 Å². The van der Waals surface area contributed by atoms with Gasteiger partial charge in [-0.25, -0.2) is 9.67 Å². The van der Waals surface area contributed by atoms with Gasteiger partial charge >= 0.3 is 0 Å². The highest BCUT2D eigenvalue weighted by atomic mass is 15.3. The van der Waals surface area contributed by atoms with Crippen molar-refractivity contribution in [3.8, 4) is 5.95 Å². The molecule has 2 N–H and O–H groups in total. The van der Waals surface area contributed by atoms with E-state index in [1.54, 1.807) is 16.9 Å². The molecule has 0 aliphatic rings. The van der Waals surface area contributed by atoms with E-state index in [1.807, 2.05) is 12.4 Å². The van der Waals surface area contributed by atoms with Crippen LogP contribution in [0, 0.1) is 0 Å². The third-order valence-corrected chi connectivity index (χ3v) is 2.14. The van der Waals surface area contributed by atoms with E-state index in [0.29, 0.717) is 17.7 Å². The van der Waals surface area contributed by atoms with Crippen LogP contribution >= 0.6 is 0 Å². The van der Waals surface area contributed by atoms with Crippen LogP contribution in [0.1, 0.15) is 25.3 Å². The third-order valence-electron chi connectivity index (χ3n) is 2.14. The van der Waals surface area contributed by atoms with E-state index >= 15 is 0 Å². The lowest BCUT2D eigenvalue weighted by atomic mass is 10.1. The molecule has 2 rings (SSSR count). The van der Waals surface area contributed by atoms with Gasteiger partial charge in [-0.15, -0.1) is 0 Å². The molecule has 0 spiro atoms. The fourth-order valence-corrected chi connectivity index (χ4v) is 1.22. The number of hydrogen-bond donors (Lipinski definition) is 1. The van der Waals surface area contributed by atoms with Gasteiger partial charge in [0.1, 0.15) is 5.82 Å². The van der Waals surface area contributed by atoms with Gasteiger partial charge in [0.25, 0.3) is 5.95 Å². The van der Waals surface area contributed by atoms with Crippen molar-refractivity contribution in [2.24, 2.45) is 0 Å². The summed E-state index contributed by atoms with van der Waals surface area (Å²) < 4.78 is 1.63. The van der Waals surface area contributed by atoms with Crippen molar-refractivity contribution in [1.29, 1.82) is 0 Å². The number of hydrogen-bond acceptors (Lipinski definition) is 4. The molecule has 0 atom stereocenters. The van der Waals surface area contributed by atoms with Crippen LogP contribution in [0.3, 0.4) is 0 Å². The summed E-state index contributed by atoms with van der Waals surface area (Å²) >= 11 is 0. The van der Waals surface area contributed by atoms with E-state index < -0.39 is 0 Å². The summed E-state index contributed by atoms with van der Waals surface area (Å²) in [6.07, 6.45) is 5.35. The molecule has 78 valence electrons. The SMILES string of the molecule is CC(C)c1cnn(-c2nccc(N)n2)c1. The lowest BCUT2D eigenvalue weighted by Crippen LogP contribution is -2.03. The minimum Gasteiger partial charge on any atom is -0.384 e. The second-order valence-corrected chi connectivity index (χ2v) is 3.65. The molecule has 15 heavy (non-hydrogen) atoms. The molecule has 0 saturated carbocycles. The van der Waals surface area contributed by atoms with Crippen LogP contribution in [0.2, 0.25) is 0 Å². The molecule has 0 radical (unpaired) electrons. The molecule has 2 heterocycles. The largest absolute Gasteiger partial charge is 0.384 e. The van der Waals surface area contributed by atoms with E-state index in [4.69, 9.17) is 5.73 Å². The van der Waals surface area contributed by atoms with Crippen molar-refractivity contribution in [3.05, 3.63) is 30.2 Å². The van der Waals surface area contributed by atoms with E-state index in [9.17, 15) is 0 Å². The summed E-state index contributed by atoms with van der Waals surface area (Å²) in [6, 6.07) is 1.65. The van der Waals surface area contributed by atoms with Gasteiger partial charge in [0, 0.05) is 12.4 Å². The highest BCUT2D eigenvalue weighted by Gasteiger charge is 2.05. The third kappa shape index (κ3) is 1.96. The average molecular weight is 203 g/mol. The first kappa shape index (κ1) is 9.64. The Bertz CT molecular complexity index is 460. The Labute approximate surface area is 88.0 Å². The Kier molecular flexibility index (Phi) is 2.37. The highest BCUT2D eigenvalue weighted by molar-refractivity contribution is 5.29. The summed E-state index contributed by atoms with van der Waals surface area (Å²) in [5, 5.41) is 4.18. The maximum Gasteiger partial charge on any atom is 0.252 e.